The fourth-order valence-electron chi connectivity index (χ4n) is 2.16. The average molecular weight is 277 g/mol. The quantitative estimate of drug-likeness (QED) is 0.621. The van der Waals surface area contributed by atoms with Crippen LogP contribution in [0, 0.1) is 11.3 Å². The van der Waals surface area contributed by atoms with Crippen LogP contribution in [0.15, 0.2) is 42.5 Å². The normalized spacial score (nSPS) is 9.86. The summed E-state index contributed by atoms with van der Waals surface area (Å²) < 4.78 is 0. The molecular formula is C18H19N3. The molecule has 3 heteroatoms. The molecule has 0 unspecified atom stereocenters. The summed E-state index contributed by atoms with van der Waals surface area (Å²) in [5.74, 6) is 0. The zero-order valence-corrected chi connectivity index (χ0v) is 12.9. The summed E-state index contributed by atoms with van der Waals surface area (Å²) in [4.78, 5) is 6.70. The number of rotatable bonds is 1. The Kier molecular flexibility index (Phi) is 4.39. The monoisotopic (exact) mass is 277 g/mol. The van der Waals surface area contributed by atoms with Gasteiger partial charge in [-0.25, -0.2) is 4.98 Å². The molecule has 1 heterocycles. The molecule has 0 saturated heterocycles. The summed E-state index contributed by atoms with van der Waals surface area (Å²) >= 11 is 0. The van der Waals surface area contributed by atoms with E-state index >= 15 is 0 Å². The first kappa shape index (κ1) is 14.8. The van der Waals surface area contributed by atoms with Crippen LogP contribution in [0.2, 0.25) is 0 Å². The summed E-state index contributed by atoms with van der Waals surface area (Å²) in [6.45, 7) is 4.00. The molecule has 3 aromatic rings. The number of pyridine rings is 1. The van der Waals surface area contributed by atoms with Crippen LogP contribution >= 0.6 is 0 Å². The Morgan fingerprint density at radius 2 is 1.52 bits per heavy atom. The zero-order chi connectivity index (χ0) is 15.4. The Labute approximate surface area is 125 Å². The van der Waals surface area contributed by atoms with Gasteiger partial charge in [-0.15, -0.1) is 0 Å². The summed E-state index contributed by atoms with van der Waals surface area (Å²) in [5.41, 5.74) is 3.58. The van der Waals surface area contributed by atoms with Crippen molar-refractivity contribution in [2.45, 2.75) is 13.8 Å². The molecule has 0 fully saturated rings. The van der Waals surface area contributed by atoms with Crippen LogP contribution in [-0.2, 0) is 0 Å². The minimum Gasteiger partial charge on any atom is -0.378 e. The molecule has 0 N–H and O–H groups in total. The molecule has 0 saturated carbocycles. The minimum atomic E-state index is 0.642. The Balaban J connectivity index is 0.000000774. The highest BCUT2D eigenvalue weighted by Gasteiger charge is 2.03. The molecule has 3 rings (SSSR count). The van der Waals surface area contributed by atoms with E-state index in [1.807, 2.05) is 46.1 Å². The smallest absolute Gasteiger partial charge is 0.0992 e. The summed E-state index contributed by atoms with van der Waals surface area (Å²) in [5, 5.41) is 11.1. The topological polar surface area (TPSA) is 39.9 Å². The zero-order valence-electron chi connectivity index (χ0n) is 12.9. The molecule has 0 spiro atoms. The number of fused-ring (bicyclic) bond motifs is 2. The van der Waals surface area contributed by atoms with Gasteiger partial charge in [0.05, 0.1) is 22.7 Å². The number of hydrogen-bond acceptors (Lipinski definition) is 3. The van der Waals surface area contributed by atoms with Crippen LogP contribution in [0.4, 0.5) is 5.69 Å². The van der Waals surface area contributed by atoms with Gasteiger partial charge in [0, 0.05) is 30.6 Å². The molecule has 106 valence electrons. The van der Waals surface area contributed by atoms with E-state index in [0.717, 1.165) is 27.5 Å². The Bertz CT molecular complexity index is 814. The Morgan fingerprint density at radius 1 is 0.905 bits per heavy atom. The van der Waals surface area contributed by atoms with Gasteiger partial charge < -0.3 is 4.90 Å². The maximum atomic E-state index is 8.94. The Hall–Kier alpha value is -2.60. The lowest BCUT2D eigenvalue weighted by Gasteiger charge is -2.13. The molecular weight excluding hydrogens is 258 g/mol. The van der Waals surface area contributed by atoms with Crippen molar-refractivity contribution in [2.24, 2.45) is 0 Å². The van der Waals surface area contributed by atoms with E-state index in [4.69, 9.17) is 5.26 Å². The molecule has 3 nitrogen and oxygen atoms in total. The number of nitriles is 1. The van der Waals surface area contributed by atoms with Crippen LogP contribution in [0.5, 0.6) is 0 Å². The van der Waals surface area contributed by atoms with E-state index in [1.165, 1.54) is 0 Å². The van der Waals surface area contributed by atoms with Crippen LogP contribution in [0.25, 0.3) is 21.8 Å². The second kappa shape index (κ2) is 6.23. The molecule has 0 radical (unpaired) electrons. The van der Waals surface area contributed by atoms with Crippen LogP contribution in [0.3, 0.4) is 0 Å². The van der Waals surface area contributed by atoms with E-state index < -0.39 is 0 Å². The van der Waals surface area contributed by atoms with Crippen molar-refractivity contribution in [3.05, 3.63) is 48.0 Å². The van der Waals surface area contributed by atoms with Crippen molar-refractivity contribution in [3.8, 4) is 6.07 Å². The first-order valence-electron chi connectivity index (χ1n) is 7.09. The van der Waals surface area contributed by atoms with Gasteiger partial charge in [0.1, 0.15) is 0 Å². The number of nitrogens with zero attached hydrogens (tertiary/aromatic N) is 3. The summed E-state index contributed by atoms with van der Waals surface area (Å²) in [6.07, 6.45) is 0. The third-order valence-electron chi connectivity index (χ3n) is 3.24. The average Bonchev–Trinajstić information content (AvgIpc) is 2.53. The maximum Gasteiger partial charge on any atom is 0.0992 e. The lowest BCUT2D eigenvalue weighted by Crippen LogP contribution is -2.08. The van der Waals surface area contributed by atoms with Crippen molar-refractivity contribution in [1.29, 1.82) is 5.26 Å². The number of hydrogen-bond donors (Lipinski definition) is 0. The molecule has 1 aromatic heterocycles. The van der Waals surface area contributed by atoms with Gasteiger partial charge in [0.15, 0.2) is 0 Å². The van der Waals surface area contributed by atoms with E-state index in [-0.39, 0.29) is 0 Å². The molecule has 0 aliphatic rings. The number of aromatic nitrogens is 1. The van der Waals surface area contributed by atoms with Gasteiger partial charge in [-0.05, 0) is 30.3 Å². The summed E-state index contributed by atoms with van der Waals surface area (Å²) in [7, 11) is 4.02. The minimum absolute atomic E-state index is 0.642. The molecule has 0 aliphatic carbocycles. The molecule has 2 aromatic carbocycles. The van der Waals surface area contributed by atoms with Gasteiger partial charge in [-0.1, -0.05) is 26.0 Å². The molecule has 21 heavy (non-hydrogen) atoms. The maximum absolute atomic E-state index is 8.94. The highest BCUT2D eigenvalue weighted by atomic mass is 15.1. The SMILES string of the molecule is CC.CN(C)c1ccc2cc3ccc(C#N)cc3nc2c1. The lowest BCUT2D eigenvalue weighted by molar-refractivity contribution is 1.13. The van der Waals surface area contributed by atoms with Gasteiger partial charge in [0.25, 0.3) is 0 Å². The van der Waals surface area contributed by atoms with Crippen LogP contribution in [-0.4, -0.2) is 19.1 Å². The van der Waals surface area contributed by atoms with Gasteiger partial charge in [-0.3, -0.25) is 0 Å². The van der Waals surface area contributed by atoms with Crippen molar-refractivity contribution < 1.29 is 0 Å². The highest BCUT2D eigenvalue weighted by Crippen LogP contribution is 2.24. The van der Waals surface area contributed by atoms with Crippen molar-refractivity contribution >= 4 is 27.5 Å². The van der Waals surface area contributed by atoms with E-state index in [1.54, 1.807) is 0 Å². The molecule has 0 bridgehead atoms. The predicted molar refractivity (Wildman–Crippen MR) is 89.6 cm³/mol. The molecule has 0 atom stereocenters. The second-order valence-corrected chi connectivity index (χ2v) is 4.78. The fourth-order valence-corrected chi connectivity index (χ4v) is 2.16. The third-order valence-corrected chi connectivity index (χ3v) is 3.24. The van der Waals surface area contributed by atoms with Crippen LogP contribution in [0.1, 0.15) is 19.4 Å². The van der Waals surface area contributed by atoms with E-state index in [2.05, 4.69) is 40.2 Å². The first-order chi connectivity index (χ1) is 10.2. The van der Waals surface area contributed by atoms with Crippen molar-refractivity contribution in [1.82, 2.24) is 4.98 Å². The fraction of sp³-hybridized carbons (Fsp3) is 0.222. The summed E-state index contributed by atoms with van der Waals surface area (Å²) in [6, 6.07) is 16.1. The number of anilines is 1. The van der Waals surface area contributed by atoms with E-state index in [0.29, 0.717) is 5.56 Å². The number of benzene rings is 2. The standard InChI is InChI=1S/C16H13N3.C2H6/c1-19(2)14-6-5-13-8-12-4-3-11(10-17)7-15(12)18-16(13)9-14;1-2/h3-9H,1-2H3;1-2H3. The van der Waals surface area contributed by atoms with Crippen molar-refractivity contribution in [2.75, 3.05) is 19.0 Å². The van der Waals surface area contributed by atoms with E-state index in [9.17, 15) is 0 Å². The largest absolute Gasteiger partial charge is 0.378 e. The van der Waals surface area contributed by atoms with Crippen molar-refractivity contribution in [3.63, 3.8) is 0 Å². The van der Waals surface area contributed by atoms with Gasteiger partial charge >= 0.3 is 0 Å². The third kappa shape index (κ3) is 2.95. The lowest BCUT2D eigenvalue weighted by atomic mass is 10.1. The van der Waals surface area contributed by atoms with Gasteiger partial charge in [-0.2, -0.15) is 5.26 Å². The Morgan fingerprint density at radius 3 is 2.14 bits per heavy atom. The molecule has 0 aliphatic heterocycles. The van der Waals surface area contributed by atoms with Gasteiger partial charge in [0.2, 0.25) is 0 Å². The predicted octanol–water partition coefficient (Wildman–Crippen LogP) is 4.35. The first-order valence-corrected chi connectivity index (χ1v) is 7.09. The highest BCUT2D eigenvalue weighted by molar-refractivity contribution is 5.94. The van der Waals surface area contributed by atoms with Crippen LogP contribution < -0.4 is 4.90 Å². The second-order valence-electron chi connectivity index (χ2n) is 4.78. The molecule has 0 amide bonds.